The molecule has 168 valence electrons. The Balaban J connectivity index is 1.27. The molecule has 5 aromatic rings. The summed E-state index contributed by atoms with van der Waals surface area (Å²) in [5, 5.41) is 12.5. The van der Waals surface area contributed by atoms with Crippen LogP contribution >= 0.6 is 11.6 Å². The minimum atomic E-state index is -0.286. The van der Waals surface area contributed by atoms with E-state index in [1.807, 2.05) is 48.5 Å². The van der Waals surface area contributed by atoms with Gasteiger partial charge >= 0.3 is 0 Å². The highest BCUT2D eigenvalue weighted by Crippen LogP contribution is 2.24. The number of furan rings is 1. The van der Waals surface area contributed by atoms with Crippen molar-refractivity contribution in [3.05, 3.63) is 95.7 Å². The van der Waals surface area contributed by atoms with Gasteiger partial charge in [-0.2, -0.15) is 4.80 Å². The number of halogens is 1. The fourth-order valence-electron chi connectivity index (χ4n) is 3.38. The van der Waals surface area contributed by atoms with E-state index in [4.69, 9.17) is 20.8 Å². The van der Waals surface area contributed by atoms with Gasteiger partial charge in [-0.3, -0.25) is 4.79 Å². The number of anilines is 1. The summed E-state index contributed by atoms with van der Waals surface area (Å²) < 4.78 is 11.0. The highest BCUT2D eigenvalue weighted by Gasteiger charge is 2.08. The van der Waals surface area contributed by atoms with E-state index in [0.717, 1.165) is 22.5 Å². The number of nitrogens with one attached hydrogen (secondary N) is 1. The van der Waals surface area contributed by atoms with Crippen LogP contribution in [-0.4, -0.2) is 28.0 Å². The van der Waals surface area contributed by atoms with Gasteiger partial charge in [0.1, 0.15) is 28.3 Å². The Morgan fingerprint density at radius 2 is 1.74 bits per heavy atom. The fourth-order valence-corrected chi connectivity index (χ4v) is 3.50. The molecule has 0 bridgehead atoms. The molecule has 0 saturated carbocycles. The van der Waals surface area contributed by atoms with Gasteiger partial charge < -0.3 is 14.5 Å². The minimum Gasteiger partial charge on any atom is -0.497 e. The third-order valence-corrected chi connectivity index (χ3v) is 5.36. The molecule has 0 saturated heterocycles. The SMILES string of the molecule is COc1ccc(-n2nc3ccc(NC(=O)/C=C/c4ccc(-c5ccc(Cl)cc5)o4)cc3n2)cc1. The third-order valence-electron chi connectivity index (χ3n) is 5.11. The largest absolute Gasteiger partial charge is 0.497 e. The molecule has 0 unspecified atom stereocenters. The van der Waals surface area contributed by atoms with Crippen molar-refractivity contribution >= 4 is 40.3 Å². The van der Waals surface area contributed by atoms with Crippen LogP contribution in [0, 0.1) is 0 Å². The van der Waals surface area contributed by atoms with E-state index in [2.05, 4.69) is 15.5 Å². The zero-order valence-corrected chi connectivity index (χ0v) is 18.9. The van der Waals surface area contributed by atoms with Crippen molar-refractivity contribution in [1.82, 2.24) is 15.0 Å². The average molecular weight is 471 g/mol. The lowest BCUT2D eigenvalue weighted by Crippen LogP contribution is -2.07. The maximum atomic E-state index is 12.4. The number of hydrogen-bond acceptors (Lipinski definition) is 5. The van der Waals surface area contributed by atoms with E-state index in [-0.39, 0.29) is 5.91 Å². The average Bonchev–Trinajstić information content (AvgIpc) is 3.50. The van der Waals surface area contributed by atoms with Gasteiger partial charge in [0.15, 0.2) is 0 Å². The molecule has 0 radical (unpaired) electrons. The number of aromatic nitrogens is 3. The molecule has 0 spiro atoms. The molecular weight excluding hydrogens is 452 g/mol. The number of carbonyl (C=O) groups excluding carboxylic acids is 1. The Hall–Kier alpha value is -4.36. The minimum absolute atomic E-state index is 0.286. The standard InChI is InChI=1S/C26H19ClN4O3/c1-33-21-9-7-20(8-10-21)31-29-23-13-6-19(16-24(23)30-31)28-26(32)15-12-22-11-14-25(34-22)17-2-4-18(27)5-3-17/h2-16H,1H3,(H,28,32)/b15-12+. The van der Waals surface area contributed by atoms with Crippen molar-refractivity contribution in [2.75, 3.05) is 12.4 Å². The van der Waals surface area contributed by atoms with Crippen molar-refractivity contribution in [2.24, 2.45) is 0 Å². The Morgan fingerprint density at radius 1 is 0.971 bits per heavy atom. The summed E-state index contributed by atoms with van der Waals surface area (Å²) in [6.07, 6.45) is 3.04. The number of ether oxygens (including phenoxy) is 1. The molecule has 1 amide bonds. The van der Waals surface area contributed by atoms with Gasteiger partial charge in [0.05, 0.1) is 12.8 Å². The zero-order valence-electron chi connectivity index (χ0n) is 18.1. The Morgan fingerprint density at radius 3 is 2.50 bits per heavy atom. The summed E-state index contributed by atoms with van der Waals surface area (Å²) in [5.74, 6) is 1.74. The lowest BCUT2D eigenvalue weighted by atomic mass is 10.2. The van der Waals surface area contributed by atoms with Crippen LogP contribution in [0.2, 0.25) is 5.02 Å². The molecule has 2 aromatic heterocycles. The molecule has 7 nitrogen and oxygen atoms in total. The topological polar surface area (TPSA) is 82.2 Å². The second-order valence-corrected chi connectivity index (χ2v) is 7.86. The molecule has 1 N–H and O–H groups in total. The molecule has 3 aromatic carbocycles. The van der Waals surface area contributed by atoms with Crippen molar-refractivity contribution in [1.29, 1.82) is 0 Å². The Kier molecular flexibility index (Phi) is 5.84. The summed E-state index contributed by atoms with van der Waals surface area (Å²) in [4.78, 5) is 14.0. The molecule has 0 fully saturated rings. The van der Waals surface area contributed by atoms with Gasteiger partial charge in [0.2, 0.25) is 5.91 Å². The Labute approximate surface area is 200 Å². The summed E-state index contributed by atoms with van der Waals surface area (Å²) in [6, 6.07) is 23.8. The quantitative estimate of drug-likeness (QED) is 0.308. The first-order chi connectivity index (χ1) is 16.6. The van der Waals surface area contributed by atoms with Crippen LogP contribution in [0.3, 0.4) is 0 Å². The third kappa shape index (κ3) is 4.69. The number of rotatable bonds is 6. The summed E-state index contributed by atoms with van der Waals surface area (Å²) in [5.41, 5.74) is 3.71. The van der Waals surface area contributed by atoms with Gasteiger partial charge in [-0.1, -0.05) is 11.6 Å². The maximum Gasteiger partial charge on any atom is 0.248 e. The van der Waals surface area contributed by atoms with Crippen molar-refractivity contribution in [3.8, 4) is 22.8 Å². The first-order valence-electron chi connectivity index (χ1n) is 10.4. The monoisotopic (exact) mass is 470 g/mol. The van der Waals surface area contributed by atoms with E-state index in [1.165, 1.54) is 6.08 Å². The van der Waals surface area contributed by atoms with Crippen LogP contribution in [0.25, 0.3) is 34.1 Å². The molecule has 0 aliphatic carbocycles. The number of carbonyl (C=O) groups is 1. The molecule has 8 heteroatoms. The van der Waals surface area contributed by atoms with E-state index in [1.54, 1.807) is 48.3 Å². The van der Waals surface area contributed by atoms with Gasteiger partial charge in [0, 0.05) is 22.3 Å². The zero-order chi connectivity index (χ0) is 23.5. The molecule has 5 rings (SSSR count). The van der Waals surface area contributed by atoms with Crippen molar-refractivity contribution in [2.45, 2.75) is 0 Å². The lowest BCUT2D eigenvalue weighted by molar-refractivity contribution is -0.111. The number of hydrogen-bond donors (Lipinski definition) is 1. The van der Waals surface area contributed by atoms with Crippen molar-refractivity contribution in [3.63, 3.8) is 0 Å². The number of methoxy groups -OCH3 is 1. The van der Waals surface area contributed by atoms with Gasteiger partial charge in [-0.25, -0.2) is 0 Å². The first-order valence-corrected chi connectivity index (χ1v) is 10.8. The predicted molar refractivity (Wildman–Crippen MR) is 132 cm³/mol. The molecule has 34 heavy (non-hydrogen) atoms. The highest BCUT2D eigenvalue weighted by molar-refractivity contribution is 6.30. The summed E-state index contributed by atoms with van der Waals surface area (Å²) in [6.45, 7) is 0. The van der Waals surface area contributed by atoms with Crippen LogP contribution in [0.15, 0.2) is 89.4 Å². The number of fused-ring (bicyclic) bond motifs is 1. The van der Waals surface area contributed by atoms with E-state index in [9.17, 15) is 4.79 Å². The molecule has 0 aliphatic rings. The predicted octanol–water partition coefficient (Wildman–Crippen LogP) is 5.99. The lowest BCUT2D eigenvalue weighted by Gasteiger charge is -2.01. The first kappa shape index (κ1) is 21.5. The van der Waals surface area contributed by atoms with Crippen LogP contribution < -0.4 is 10.1 Å². The number of nitrogens with zero attached hydrogens (tertiary/aromatic N) is 3. The molecule has 0 aliphatic heterocycles. The second kappa shape index (κ2) is 9.25. The van der Waals surface area contributed by atoms with Gasteiger partial charge in [-0.15, -0.1) is 10.2 Å². The fraction of sp³-hybridized carbons (Fsp3) is 0.0385. The number of benzene rings is 3. The summed E-state index contributed by atoms with van der Waals surface area (Å²) in [7, 11) is 1.62. The van der Waals surface area contributed by atoms with E-state index in [0.29, 0.717) is 27.7 Å². The van der Waals surface area contributed by atoms with E-state index >= 15 is 0 Å². The summed E-state index contributed by atoms with van der Waals surface area (Å²) >= 11 is 5.93. The maximum absolute atomic E-state index is 12.4. The van der Waals surface area contributed by atoms with Crippen LogP contribution in [0.1, 0.15) is 5.76 Å². The smallest absolute Gasteiger partial charge is 0.248 e. The highest BCUT2D eigenvalue weighted by atomic mass is 35.5. The van der Waals surface area contributed by atoms with Gasteiger partial charge in [-0.05, 0) is 84.9 Å². The van der Waals surface area contributed by atoms with Crippen molar-refractivity contribution < 1.29 is 13.9 Å². The second-order valence-electron chi connectivity index (χ2n) is 7.42. The number of amides is 1. The normalized spacial score (nSPS) is 11.2. The van der Waals surface area contributed by atoms with Crippen LogP contribution in [0.4, 0.5) is 5.69 Å². The molecule has 0 atom stereocenters. The molecule has 2 heterocycles. The van der Waals surface area contributed by atoms with Gasteiger partial charge in [0.25, 0.3) is 0 Å². The van der Waals surface area contributed by atoms with Crippen LogP contribution in [0.5, 0.6) is 5.75 Å². The molecular formula is C26H19ClN4O3. The van der Waals surface area contributed by atoms with E-state index < -0.39 is 0 Å². The van der Waals surface area contributed by atoms with Crippen LogP contribution in [-0.2, 0) is 4.79 Å². The Bertz CT molecular complexity index is 1490.